The Kier molecular flexibility index (Phi) is 5.46. The number of ether oxygens (including phenoxy) is 1. The molecule has 9 heteroatoms. The number of anilines is 1. The van der Waals surface area contributed by atoms with Gasteiger partial charge in [0.05, 0.1) is 18.4 Å². The Bertz CT molecular complexity index is 876. The Morgan fingerprint density at radius 1 is 1.28 bits per heavy atom. The van der Waals surface area contributed by atoms with Gasteiger partial charge in [-0.25, -0.2) is 4.79 Å². The molecule has 2 heterocycles. The first-order chi connectivity index (χ1) is 12.2. The molecule has 0 saturated carbocycles. The van der Waals surface area contributed by atoms with Crippen molar-refractivity contribution in [1.29, 1.82) is 0 Å². The fraction of sp³-hybridized carbons (Fsp3) is 0.125. The second-order valence-corrected chi connectivity index (χ2v) is 6.67. The van der Waals surface area contributed by atoms with Crippen LogP contribution in [0.5, 0.6) is 0 Å². The Hall–Kier alpha value is -2.65. The van der Waals surface area contributed by atoms with Gasteiger partial charge in [0.1, 0.15) is 11.3 Å². The smallest absolute Gasteiger partial charge is 0.340 e. The molecule has 0 aliphatic carbocycles. The van der Waals surface area contributed by atoms with Gasteiger partial charge in [0.15, 0.2) is 5.16 Å². The third-order valence-corrected chi connectivity index (χ3v) is 4.98. The Morgan fingerprint density at radius 2 is 2.08 bits per heavy atom. The molecular formula is C16H14N4O3S2. The van der Waals surface area contributed by atoms with E-state index in [2.05, 4.69) is 15.5 Å². The van der Waals surface area contributed by atoms with Crippen LogP contribution in [-0.4, -0.2) is 39.5 Å². The van der Waals surface area contributed by atoms with Crippen molar-refractivity contribution in [1.82, 2.24) is 14.8 Å². The third-order valence-electron chi connectivity index (χ3n) is 3.21. The first-order valence-electron chi connectivity index (χ1n) is 7.23. The summed E-state index contributed by atoms with van der Waals surface area (Å²) in [7, 11) is 1.30. The first-order valence-corrected chi connectivity index (χ1v) is 9.09. The fourth-order valence-electron chi connectivity index (χ4n) is 2.06. The summed E-state index contributed by atoms with van der Waals surface area (Å²) < 4.78 is 6.50. The van der Waals surface area contributed by atoms with Crippen LogP contribution >= 0.6 is 23.1 Å². The number of thiophene rings is 1. The summed E-state index contributed by atoms with van der Waals surface area (Å²) in [6, 6.07) is 11.2. The molecule has 0 saturated heterocycles. The van der Waals surface area contributed by atoms with Gasteiger partial charge in [-0.05, 0) is 23.6 Å². The normalized spacial score (nSPS) is 10.4. The van der Waals surface area contributed by atoms with Crippen LogP contribution in [0.1, 0.15) is 10.4 Å². The van der Waals surface area contributed by atoms with Crippen molar-refractivity contribution in [2.24, 2.45) is 0 Å². The summed E-state index contributed by atoms with van der Waals surface area (Å²) in [5.74, 6) is -0.572. The zero-order valence-corrected chi connectivity index (χ0v) is 14.8. The monoisotopic (exact) mass is 374 g/mol. The van der Waals surface area contributed by atoms with Gasteiger partial charge >= 0.3 is 5.97 Å². The minimum atomic E-state index is -0.479. The van der Waals surface area contributed by atoms with Gasteiger partial charge in [0.25, 0.3) is 0 Å². The van der Waals surface area contributed by atoms with Crippen LogP contribution in [0.2, 0.25) is 0 Å². The van der Waals surface area contributed by atoms with Crippen molar-refractivity contribution >= 4 is 40.0 Å². The summed E-state index contributed by atoms with van der Waals surface area (Å²) in [5, 5.41) is 13.5. The first kappa shape index (κ1) is 17.2. The van der Waals surface area contributed by atoms with Gasteiger partial charge in [0, 0.05) is 5.69 Å². The number of methoxy groups -OCH3 is 1. The highest BCUT2D eigenvalue weighted by Gasteiger charge is 2.16. The molecule has 0 fully saturated rings. The lowest BCUT2D eigenvalue weighted by molar-refractivity contribution is -0.113. The lowest BCUT2D eigenvalue weighted by Crippen LogP contribution is -2.16. The van der Waals surface area contributed by atoms with E-state index in [1.165, 1.54) is 30.2 Å². The highest BCUT2D eigenvalue weighted by atomic mass is 32.2. The highest BCUT2D eigenvalue weighted by Crippen LogP contribution is 2.25. The van der Waals surface area contributed by atoms with E-state index in [1.807, 2.05) is 34.9 Å². The van der Waals surface area contributed by atoms with Crippen molar-refractivity contribution < 1.29 is 14.3 Å². The average Bonchev–Trinajstić information content (AvgIpc) is 3.29. The molecule has 1 amide bonds. The van der Waals surface area contributed by atoms with E-state index in [-0.39, 0.29) is 11.7 Å². The zero-order valence-electron chi connectivity index (χ0n) is 13.2. The lowest BCUT2D eigenvalue weighted by Gasteiger charge is -2.07. The number of carbonyl (C=O) groups excluding carboxylic acids is 2. The number of esters is 1. The van der Waals surface area contributed by atoms with Gasteiger partial charge in [-0.1, -0.05) is 30.0 Å². The minimum Gasteiger partial charge on any atom is -0.465 e. The van der Waals surface area contributed by atoms with Crippen LogP contribution < -0.4 is 5.32 Å². The van der Waals surface area contributed by atoms with Gasteiger partial charge in [-0.15, -0.1) is 21.5 Å². The second kappa shape index (κ2) is 7.95. The maximum Gasteiger partial charge on any atom is 0.340 e. The van der Waals surface area contributed by atoms with Gasteiger partial charge in [-0.3, -0.25) is 9.36 Å². The number of aromatic nitrogens is 3. The number of nitrogens with zero attached hydrogens (tertiary/aromatic N) is 3. The number of hydrogen-bond donors (Lipinski definition) is 1. The number of carbonyl (C=O) groups is 2. The molecule has 0 aliphatic rings. The van der Waals surface area contributed by atoms with Crippen molar-refractivity contribution in [2.45, 2.75) is 5.16 Å². The molecule has 0 spiro atoms. The van der Waals surface area contributed by atoms with Gasteiger partial charge in [0.2, 0.25) is 5.91 Å². The van der Waals surface area contributed by atoms with Crippen molar-refractivity contribution in [3.63, 3.8) is 0 Å². The Morgan fingerprint density at radius 3 is 2.84 bits per heavy atom. The van der Waals surface area contributed by atoms with E-state index in [1.54, 1.807) is 17.8 Å². The number of nitrogens with one attached hydrogen (secondary N) is 1. The SMILES string of the molecule is COC(=O)c1ccsc1NC(=O)CSc1nncn1-c1ccccc1. The predicted molar refractivity (Wildman–Crippen MR) is 96.4 cm³/mol. The number of benzene rings is 1. The molecule has 0 aliphatic heterocycles. The molecule has 1 aromatic carbocycles. The number of hydrogen-bond acceptors (Lipinski definition) is 7. The van der Waals surface area contributed by atoms with E-state index in [4.69, 9.17) is 4.74 Å². The van der Waals surface area contributed by atoms with Crippen LogP contribution in [0, 0.1) is 0 Å². The van der Waals surface area contributed by atoms with Crippen LogP contribution in [0.3, 0.4) is 0 Å². The van der Waals surface area contributed by atoms with Gasteiger partial charge in [-0.2, -0.15) is 0 Å². The summed E-state index contributed by atoms with van der Waals surface area (Å²) in [6.07, 6.45) is 1.60. The molecule has 3 aromatic rings. The molecule has 1 N–H and O–H groups in total. The maximum atomic E-state index is 12.2. The van der Waals surface area contributed by atoms with E-state index in [9.17, 15) is 9.59 Å². The zero-order chi connectivity index (χ0) is 17.6. The van der Waals surface area contributed by atoms with E-state index >= 15 is 0 Å². The Labute approximate surface area is 152 Å². The van der Waals surface area contributed by atoms with Crippen molar-refractivity contribution in [3.05, 3.63) is 53.7 Å². The van der Waals surface area contributed by atoms with E-state index in [0.717, 1.165) is 5.69 Å². The van der Waals surface area contributed by atoms with Crippen LogP contribution in [0.4, 0.5) is 5.00 Å². The number of amides is 1. The molecule has 7 nitrogen and oxygen atoms in total. The summed E-state index contributed by atoms with van der Waals surface area (Å²) in [4.78, 5) is 23.8. The van der Waals surface area contributed by atoms with Crippen LogP contribution in [0.25, 0.3) is 5.69 Å². The molecule has 3 rings (SSSR count). The third kappa shape index (κ3) is 4.06. The fourth-order valence-corrected chi connectivity index (χ4v) is 3.58. The molecule has 25 heavy (non-hydrogen) atoms. The van der Waals surface area contributed by atoms with E-state index in [0.29, 0.717) is 15.7 Å². The number of para-hydroxylation sites is 1. The number of thioether (sulfide) groups is 1. The van der Waals surface area contributed by atoms with Crippen LogP contribution in [0.15, 0.2) is 53.3 Å². The predicted octanol–water partition coefficient (Wildman–Crippen LogP) is 2.85. The molecule has 0 atom stereocenters. The number of rotatable bonds is 6. The highest BCUT2D eigenvalue weighted by molar-refractivity contribution is 7.99. The summed E-state index contributed by atoms with van der Waals surface area (Å²) in [6.45, 7) is 0. The molecule has 0 radical (unpaired) electrons. The van der Waals surface area contributed by atoms with Crippen LogP contribution in [-0.2, 0) is 9.53 Å². The molecule has 0 unspecified atom stereocenters. The topological polar surface area (TPSA) is 86.1 Å². The lowest BCUT2D eigenvalue weighted by atomic mass is 10.3. The molecule has 128 valence electrons. The van der Waals surface area contributed by atoms with E-state index < -0.39 is 5.97 Å². The summed E-state index contributed by atoms with van der Waals surface area (Å²) in [5.41, 5.74) is 1.26. The maximum absolute atomic E-state index is 12.2. The second-order valence-electron chi connectivity index (χ2n) is 4.81. The molecular weight excluding hydrogens is 360 g/mol. The quantitative estimate of drug-likeness (QED) is 0.527. The minimum absolute atomic E-state index is 0.143. The molecule has 2 aromatic heterocycles. The van der Waals surface area contributed by atoms with Crippen molar-refractivity contribution in [3.8, 4) is 5.69 Å². The summed E-state index contributed by atoms with van der Waals surface area (Å²) >= 11 is 2.53. The van der Waals surface area contributed by atoms with Crippen molar-refractivity contribution in [2.75, 3.05) is 18.2 Å². The largest absolute Gasteiger partial charge is 0.465 e. The molecule has 0 bridgehead atoms. The van der Waals surface area contributed by atoms with Gasteiger partial charge < -0.3 is 10.1 Å². The Balaban J connectivity index is 1.64. The average molecular weight is 374 g/mol. The standard InChI is InChI=1S/C16H14N4O3S2/c1-23-15(22)12-7-8-24-14(12)18-13(21)9-25-16-19-17-10-20(16)11-5-3-2-4-6-11/h2-8,10H,9H2,1H3,(H,18,21).